The molecule has 2 nitrogen and oxygen atoms in total. The number of halogens is 2. The number of hydrogen-bond acceptors (Lipinski definition) is 2. The molecule has 1 heterocycles. The summed E-state index contributed by atoms with van der Waals surface area (Å²) in [4.78, 5) is 0. The molecule has 18 heavy (non-hydrogen) atoms. The molecule has 0 aliphatic carbocycles. The van der Waals surface area contributed by atoms with E-state index >= 15 is 0 Å². The van der Waals surface area contributed by atoms with Crippen molar-refractivity contribution >= 4 is 0 Å². The van der Waals surface area contributed by atoms with E-state index in [-0.39, 0.29) is 5.56 Å². The second-order valence-corrected chi connectivity index (χ2v) is 4.39. The standard InChI is InChI=1S/C14H14F2O2/c1-7-4-11(13(16)6-12(7)15)14(17)10-5-8(2)18-9(10)3/h4-6,14,17H,1-3H3. The van der Waals surface area contributed by atoms with E-state index in [1.165, 1.54) is 13.0 Å². The van der Waals surface area contributed by atoms with Gasteiger partial charge in [-0.3, -0.25) is 0 Å². The third-order valence-electron chi connectivity index (χ3n) is 2.95. The molecule has 1 N–H and O–H groups in total. The fourth-order valence-electron chi connectivity index (χ4n) is 1.98. The Hall–Kier alpha value is -1.68. The van der Waals surface area contributed by atoms with Gasteiger partial charge in [-0.15, -0.1) is 0 Å². The van der Waals surface area contributed by atoms with Crippen molar-refractivity contribution in [3.8, 4) is 0 Å². The predicted octanol–water partition coefficient (Wildman–Crippen LogP) is 3.56. The van der Waals surface area contributed by atoms with Crippen molar-refractivity contribution in [2.75, 3.05) is 0 Å². The fraction of sp³-hybridized carbons (Fsp3) is 0.286. The lowest BCUT2D eigenvalue weighted by Crippen LogP contribution is -2.04. The van der Waals surface area contributed by atoms with Gasteiger partial charge in [0.05, 0.1) is 0 Å². The summed E-state index contributed by atoms with van der Waals surface area (Å²) >= 11 is 0. The van der Waals surface area contributed by atoms with Crippen LogP contribution in [0.1, 0.15) is 34.3 Å². The first-order valence-electron chi connectivity index (χ1n) is 5.60. The maximum Gasteiger partial charge on any atom is 0.132 e. The summed E-state index contributed by atoms with van der Waals surface area (Å²) < 4.78 is 32.1. The number of rotatable bonds is 2. The molecule has 2 rings (SSSR count). The van der Waals surface area contributed by atoms with Crippen LogP contribution in [0.3, 0.4) is 0 Å². The van der Waals surface area contributed by atoms with Crippen LogP contribution in [0.5, 0.6) is 0 Å². The summed E-state index contributed by atoms with van der Waals surface area (Å²) in [6.07, 6.45) is -1.15. The monoisotopic (exact) mass is 252 g/mol. The van der Waals surface area contributed by atoms with Gasteiger partial charge in [0.15, 0.2) is 0 Å². The van der Waals surface area contributed by atoms with Crippen molar-refractivity contribution in [3.05, 3.63) is 58.0 Å². The van der Waals surface area contributed by atoms with Crippen LogP contribution in [0.25, 0.3) is 0 Å². The smallest absolute Gasteiger partial charge is 0.132 e. The molecule has 0 saturated heterocycles. The van der Waals surface area contributed by atoms with Crippen LogP contribution < -0.4 is 0 Å². The van der Waals surface area contributed by atoms with Crippen LogP contribution in [0.15, 0.2) is 22.6 Å². The Morgan fingerprint density at radius 3 is 2.22 bits per heavy atom. The molecule has 0 aliphatic rings. The lowest BCUT2D eigenvalue weighted by Gasteiger charge is -2.12. The Labute approximate surface area is 104 Å². The Bertz CT molecular complexity index is 588. The lowest BCUT2D eigenvalue weighted by molar-refractivity contribution is 0.212. The van der Waals surface area contributed by atoms with Crippen LogP contribution in [0.4, 0.5) is 8.78 Å². The van der Waals surface area contributed by atoms with Crippen LogP contribution in [-0.2, 0) is 0 Å². The first-order valence-corrected chi connectivity index (χ1v) is 5.60. The second kappa shape index (κ2) is 4.53. The van der Waals surface area contributed by atoms with Gasteiger partial charge in [-0.1, -0.05) is 0 Å². The van der Waals surface area contributed by atoms with Crippen molar-refractivity contribution in [2.24, 2.45) is 0 Å². The summed E-state index contributed by atoms with van der Waals surface area (Å²) in [7, 11) is 0. The van der Waals surface area contributed by atoms with Crippen LogP contribution >= 0.6 is 0 Å². The van der Waals surface area contributed by atoms with E-state index in [0.29, 0.717) is 22.6 Å². The molecule has 0 spiro atoms. The van der Waals surface area contributed by atoms with E-state index in [9.17, 15) is 13.9 Å². The average Bonchev–Trinajstić information content (AvgIpc) is 2.62. The van der Waals surface area contributed by atoms with E-state index in [0.717, 1.165) is 6.07 Å². The van der Waals surface area contributed by atoms with Gasteiger partial charge in [-0.05, 0) is 38.5 Å². The van der Waals surface area contributed by atoms with E-state index < -0.39 is 17.7 Å². The highest BCUT2D eigenvalue weighted by Gasteiger charge is 2.21. The number of benzene rings is 1. The summed E-state index contributed by atoms with van der Waals surface area (Å²) in [6, 6.07) is 3.76. The maximum atomic E-state index is 13.7. The highest BCUT2D eigenvalue weighted by Crippen LogP contribution is 2.30. The Kier molecular flexibility index (Phi) is 3.22. The highest BCUT2D eigenvalue weighted by atomic mass is 19.1. The van der Waals surface area contributed by atoms with E-state index in [1.807, 2.05) is 0 Å². The molecule has 0 radical (unpaired) electrons. The van der Waals surface area contributed by atoms with E-state index in [1.54, 1.807) is 19.9 Å². The molecule has 1 atom stereocenters. The zero-order valence-electron chi connectivity index (χ0n) is 10.4. The number of aliphatic hydroxyl groups is 1. The molecule has 4 heteroatoms. The zero-order valence-corrected chi connectivity index (χ0v) is 10.4. The third kappa shape index (κ3) is 2.16. The van der Waals surface area contributed by atoms with Crippen LogP contribution in [-0.4, -0.2) is 5.11 Å². The van der Waals surface area contributed by atoms with Gasteiger partial charge in [0, 0.05) is 17.2 Å². The lowest BCUT2D eigenvalue weighted by atomic mass is 9.99. The van der Waals surface area contributed by atoms with Gasteiger partial charge in [-0.25, -0.2) is 8.78 Å². The summed E-state index contributed by atoms with van der Waals surface area (Å²) in [6.45, 7) is 4.97. The SMILES string of the molecule is Cc1cc(C(O)c2cc(C)c(F)cc2F)c(C)o1. The van der Waals surface area contributed by atoms with Crippen molar-refractivity contribution in [1.82, 2.24) is 0 Å². The van der Waals surface area contributed by atoms with Crippen molar-refractivity contribution in [1.29, 1.82) is 0 Å². The Morgan fingerprint density at radius 2 is 1.67 bits per heavy atom. The maximum absolute atomic E-state index is 13.7. The van der Waals surface area contributed by atoms with Gasteiger partial charge >= 0.3 is 0 Å². The molecule has 2 aromatic rings. The molecular weight excluding hydrogens is 238 g/mol. The Morgan fingerprint density at radius 1 is 1.00 bits per heavy atom. The number of aliphatic hydroxyl groups excluding tert-OH is 1. The molecule has 0 aliphatic heterocycles. The van der Waals surface area contributed by atoms with E-state index in [4.69, 9.17) is 4.42 Å². The fourth-order valence-corrected chi connectivity index (χ4v) is 1.98. The van der Waals surface area contributed by atoms with Gasteiger partial charge in [0.1, 0.15) is 29.3 Å². The summed E-state index contributed by atoms with van der Waals surface area (Å²) in [5.74, 6) is -0.213. The van der Waals surface area contributed by atoms with Gasteiger partial charge in [0.25, 0.3) is 0 Å². The van der Waals surface area contributed by atoms with E-state index in [2.05, 4.69) is 0 Å². The molecule has 1 aromatic carbocycles. The van der Waals surface area contributed by atoms with Crippen molar-refractivity contribution < 1.29 is 18.3 Å². The minimum Gasteiger partial charge on any atom is -0.466 e. The topological polar surface area (TPSA) is 33.4 Å². The number of aryl methyl sites for hydroxylation is 3. The molecule has 0 bridgehead atoms. The Balaban J connectivity index is 2.49. The minimum absolute atomic E-state index is 0.0535. The zero-order chi connectivity index (χ0) is 13.4. The first kappa shape index (κ1) is 12.8. The molecule has 1 unspecified atom stereocenters. The van der Waals surface area contributed by atoms with Crippen LogP contribution in [0.2, 0.25) is 0 Å². The van der Waals surface area contributed by atoms with Gasteiger partial charge in [-0.2, -0.15) is 0 Å². The average molecular weight is 252 g/mol. The molecule has 0 saturated carbocycles. The molecule has 96 valence electrons. The number of furan rings is 1. The molecular formula is C14H14F2O2. The first-order chi connectivity index (χ1) is 8.40. The summed E-state index contributed by atoms with van der Waals surface area (Å²) in [5, 5.41) is 10.2. The molecule has 1 aromatic heterocycles. The largest absolute Gasteiger partial charge is 0.466 e. The quantitative estimate of drug-likeness (QED) is 0.886. The van der Waals surface area contributed by atoms with Gasteiger partial charge < -0.3 is 9.52 Å². The third-order valence-corrected chi connectivity index (χ3v) is 2.95. The predicted molar refractivity (Wildman–Crippen MR) is 63.3 cm³/mol. The minimum atomic E-state index is -1.15. The molecule has 0 amide bonds. The van der Waals surface area contributed by atoms with Crippen molar-refractivity contribution in [3.63, 3.8) is 0 Å². The second-order valence-electron chi connectivity index (χ2n) is 4.39. The van der Waals surface area contributed by atoms with Crippen LogP contribution in [0, 0.1) is 32.4 Å². The highest BCUT2D eigenvalue weighted by molar-refractivity contribution is 5.35. The molecule has 0 fully saturated rings. The van der Waals surface area contributed by atoms with Gasteiger partial charge in [0.2, 0.25) is 0 Å². The normalized spacial score (nSPS) is 12.8. The van der Waals surface area contributed by atoms with Crippen molar-refractivity contribution in [2.45, 2.75) is 26.9 Å². The number of hydrogen-bond donors (Lipinski definition) is 1. The summed E-state index contributed by atoms with van der Waals surface area (Å²) in [5.41, 5.74) is 0.846.